The highest BCUT2D eigenvalue weighted by Crippen LogP contribution is 2.31. The minimum Gasteiger partial charge on any atom is -0.324 e. The molecule has 0 radical (unpaired) electrons. The number of amides is 4. The van der Waals surface area contributed by atoms with Gasteiger partial charge >= 0.3 is 0 Å². The van der Waals surface area contributed by atoms with Gasteiger partial charge < -0.3 is 21.3 Å². The smallest absolute Gasteiger partial charge is 0.258 e. The number of aryl methyl sites for hydroxylation is 4. The van der Waals surface area contributed by atoms with Gasteiger partial charge in [-0.1, -0.05) is 58.5 Å². The van der Waals surface area contributed by atoms with Crippen LogP contribution in [0.2, 0.25) is 20.1 Å². The van der Waals surface area contributed by atoms with E-state index in [1.165, 1.54) is 50.2 Å². The summed E-state index contributed by atoms with van der Waals surface area (Å²) in [6.45, 7) is 9.27. The largest absolute Gasteiger partial charge is 0.324 e. The molecule has 0 spiro atoms. The van der Waals surface area contributed by atoms with E-state index in [0.717, 1.165) is 11.1 Å². The number of ketones is 2. The lowest BCUT2D eigenvalue weighted by atomic mass is 10.1. The second-order valence-corrected chi connectivity index (χ2v) is 15.8. The molecular formula is C44H38Cl4N8O6. The van der Waals surface area contributed by atoms with Gasteiger partial charge in [0.25, 0.3) is 23.6 Å². The molecule has 0 aliphatic heterocycles. The third-order valence-corrected chi connectivity index (χ3v) is 10.3. The minimum absolute atomic E-state index is 0.0423. The van der Waals surface area contributed by atoms with Crippen molar-refractivity contribution in [3.8, 4) is 0 Å². The van der Waals surface area contributed by atoms with Gasteiger partial charge in [0, 0.05) is 43.9 Å². The molecular weight excluding hydrogens is 878 g/mol. The second kappa shape index (κ2) is 20.5. The summed E-state index contributed by atoms with van der Waals surface area (Å²) in [6.07, 6.45) is 0. The van der Waals surface area contributed by atoms with Crippen molar-refractivity contribution in [1.29, 1.82) is 0 Å². The van der Waals surface area contributed by atoms with Crippen molar-refractivity contribution in [3.63, 3.8) is 0 Å². The van der Waals surface area contributed by atoms with Crippen LogP contribution in [-0.4, -0.2) is 47.3 Å². The topological polar surface area (TPSA) is 200 Å². The molecule has 0 saturated heterocycles. The summed E-state index contributed by atoms with van der Waals surface area (Å²) in [5.41, 5.74) is 4.60. The van der Waals surface area contributed by atoms with E-state index in [1.807, 2.05) is 13.8 Å². The highest BCUT2D eigenvalue weighted by Gasteiger charge is 2.26. The van der Waals surface area contributed by atoms with Crippen molar-refractivity contribution >= 4 is 116 Å². The quantitative estimate of drug-likeness (QED) is 0.0630. The highest BCUT2D eigenvalue weighted by atomic mass is 35.5. The number of hydrogen-bond donors (Lipinski definition) is 4. The van der Waals surface area contributed by atoms with Crippen molar-refractivity contribution in [2.45, 2.75) is 53.6 Å². The third-order valence-electron chi connectivity index (χ3n) is 9.23. The van der Waals surface area contributed by atoms with Crippen LogP contribution in [-0.2, 0) is 19.2 Å². The van der Waals surface area contributed by atoms with E-state index in [2.05, 4.69) is 41.7 Å². The first-order valence-corrected chi connectivity index (χ1v) is 20.1. The van der Waals surface area contributed by atoms with Gasteiger partial charge in [0.2, 0.25) is 12.1 Å². The number of nitrogens with zero attached hydrogens (tertiary/aromatic N) is 4. The van der Waals surface area contributed by atoms with Crippen molar-refractivity contribution in [2.24, 2.45) is 20.5 Å². The predicted octanol–water partition coefficient (Wildman–Crippen LogP) is 11.4. The Morgan fingerprint density at radius 1 is 0.452 bits per heavy atom. The number of halogens is 4. The fourth-order valence-electron chi connectivity index (χ4n) is 5.67. The average Bonchev–Trinajstić information content (AvgIpc) is 3.20. The Labute approximate surface area is 376 Å². The Kier molecular flexibility index (Phi) is 15.5. The normalized spacial score (nSPS) is 12.2. The van der Waals surface area contributed by atoms with Crippen molar-refractivity contribution < 1.29 is 28.8 Å². The van der Waals surface area contributed by atoms with Crippen LogP contribution in [0.4, 0.5) is 34.1 Å². The van der Waals surface area contributed by atoms with Crippen molar-refractivity contribution in [2.75, 3.05) is 21.3 Å². The summed E-state index contributed by atoms with van der Waals surface area (Å²) in [7, 11) is 0. The van der Waals surface area contributed by atoms with Crippen LogP contribution in [0.5, 0.6) is 0 Å². The molecule has 62 heavy (non-hydrogen) atoms. The first-order valence-electron chi connectivity index (χ1n) is 18.6. The molecule has 0 aromatic heterocycles. The molecule has 0 saturated carbocycles. The van der Waals surface area contributed by atoms with Gasteiger partial charge in [0.15, 0.2) is 11.6 Å². The Balaban J connectivity index is 1.27. The molecule has 2 unspecified atom stereocenters. The van der Waals surface area contributed by atoms with Crippen molar-refractivity contribution in [1.82, 2.24) is 0 Å². The molecule has 14 nitrogen and oxygen atoms in total. The molecule has 0 fully saturated rings. The lowest BCUT2D eigenvalue weighted by Crippen LogP contribution is -2.32. The summed E-state index contributed by atoms with van der Waals surface area (Å²) in [5, 5.41) is 28.1. The monoisotopic (exact) mass is 914 g/mol. The molecule has 4 N–H and O–H groups in total. The van der Waals surface area contributed by atoms with Gasteiger partial charge in [-0.15, -0.1) is 0 Å². The molecule has 0 aliphatic rings. The summed E-state index contributed by atoms with van der Waals surface area (Å²) in [6, 6.07) is 18.7. The van der Waals surface area contributed by atoms with Crippen molar-refractivity contribution in [3.05, 3.63) is 138 Å². The van der Waals surface area contributed by atoms with E-state index >= 15 is 0 Å². The lowest BCUT2D eigenvalue weighted by molar-refractivity contribution is -0.127. The molecule has 18 heteroatoms. The molecule has 0 bridgehead atoms. The molecule has 5 rings (SSSR count). The zero-order valence-electron chi connectivity index (χ0n) is 34.0. The first-order chi connectivity index (χ1) is 29.3. The summed E-state index contributed by atoms with van der Waals surface area (Å²) < 4.78 is 0. The van der Waals surface area contributed by atoms with Crippen LogP contribution < -0.4 is 21.3 Å². The van der Waals surface area contributed by atoms with Gasteiger partial charge in [-0.3, -0.25) is 28.8 Å². The number of anilines is 4. The maximum absolute atomic E-state index is 13.4. The van der Waals surface area contributed by atoms with Crippen LogP contribution in [0, 0.1) is 27.7 Å². The highest BCUT2D eigenvalue weighted by molar-refractivity contribution is 6.34. The zero-order chi connectivity index (χ0) is 45.4. The number of benzene rings is 5. The number of azo groups is 2. The lowest BCUT2D eigenvalue weighted by Gasteiger charge is -2.16. The van der Waals surface area contributed by atoms with E-state index < -0.39 is 47.3 Å². The van der Waals surface area contributed by atoms with Gasteiger partial charge in [0.05, 0.1) is 10.0 Å². The maximum atomic E-state index is 13.4. The van der Waals surface area contributed by atoms with E-state index in [-0.39, 0.29) is 32.5 Å². The second-order valence-electron chi connectivity index (χ2n) is 14.1. The molecule has 0 aliphatic carbocycles. The Morgan fingerprint density at radius 3 is 1.16 bits per heavy atom. The standard InChI is InChI=1S/C44H38Cl4N8O6/c1-21-7-11-29(45)19-35(21)49-41(59)27-9-13-31(47)37(17-27)53-55-39(25(5)57)43(61)51-33-15-24(4)34(16-23(33)3)52-44(62)40(26(6)58)56-54-38-18-28(10-14-32(38)48)42(60)50-36-20-30(46)12-8-22(36)2/h7-20,39-40H,1-6H3,(H,49,59)(H,50,60)(H,51,61)(H,52,62). The Bertz CT molecular complexity index is 2520. The number of rotatable bonds is 14. The summed E-state index contributed by atoms with van der Waals surface area (Å²) in [5.74, 6) is -3.82. The molecule has 4 amide bonds. The zero-order valence-corrected chi connectivity index (χ0v) is 37.0. The molecule has 2 atom stereocenters. The number of carbonyl (C=O) groups excluding carboxylic acids is 6. The van der Waals surface area contributed by atoms with Gasteiger partial charge in [-0.2, -0.15) is 20.5 Å². The average molecular weight is 917 g/mol. The number of Topliss-reactive ketones (excluding diaryl/α,β-unsaturated/α-hetero) is 2. The first kappa shape index (κ1) is 46.7. The van der Waals surface area contributed by atoms with Crippen LogP contribution >= 0.6 is 46.4 Å². The fourth-order valence-corrected chi connectivity index (χ4v) is 6.33. The van der Waals surface area contributed by atoms with Crippen LogP contribution in [0.25, 0.3) is 0 Å². The number of hydrogen-bond acceptors (Lipinski definition) is 10. The van der Waals surface area contributed by atoms with E-state index in [1.54, 1.807) is 62.4 Å². The summed E-state index contributed by atoms with van der Waals surface area (Å²) >= 11 is 24.8. The van der Waals surface area contributed by atoms with Crippen LogP contribution in [0.15, 0.2) is 105 Å². The van der Waals surface area contributed by atoms with Gasteiger partial charge in [-0.25, -0.2) is 0 Å². The van der Waals surface area contributed by atoms with E-state index in [0.29, 0.717) is 43.9 Å². The molecule has 5 aromatic carbocycles. The Morgan fingerprint density at radius 2 is 0.806 bits per heavy atom. The van der Waals surface area contributed by atoms with Gasteiger partial charge in [-0.05, 0) is 137 Å². The summed E-state index contributed by atoms with van der Waals surface area (Å²) in [4.78, 5) is 78.1. The van der Waals surface area contributed by atoms with E-state index in [4.69, 9.17) is 46.4 Å². The number of nitrogens with one attached hydrogen (secondary N) is 4. The van der Waals surface area contributed by atoms with Crippen LogP contribution in [0.1, 0.15) is 56.8 Å². The third kappa shape index (κ3) is 11.9. The maximum Gasteiger partial charge on any atom is 0.258 e. The fraction of sp³-hybridized carbons (Fsp3) is 0.182. The minimum atomic E-state index is -1.59. The molecule has 318 valence electrons. The predicted molar refractivity (Wildman–Crippen MR) is 242 cm³/mol. The Hall–Kier alpha value is -6.32. The van der Waals surface area contributed by atoms with Crippen LogP contribution in [0.3, 0.4) is 0 Å². The number of carbonyl (C=O) groups is 6. The van der Waals surface area contributed by atoms with E-state index in [9.17, 15) is 28.8 Å². The molecule has 5 aromatic rings. The van der Waals surface area contributed by atoms with Gasteiger partial charge in [0.1, 0.15) is 11.4 Å². The molecule has 0 heterocycles. The SMILES string of the molecule is CC(=O)C(N=Nc1cc(C(=O)Nc2cc(Cl)ccc2C)ccc1Cl)C(=O)Nc1cc(C)c(NC(=O)C(N=Nc2cc(C(=O)Nc3cc(Cl)ccc3C)ccc2Cl)C(C)=O)cc1C.